The van der Waals surface area contributed by atoms with Crippen LogP contribution in [-0.4, -0.2) is 33.2 Å². The quantitative estimate of drug-likeness (QED) is 0.764. The van der Waals surface area contributed by atoms with Gasteiger partial charge < -0.3 is 15.2 Å². The number of phenols is 1. The second-order valence-electron chi connectivity index (χ2n) is 5.84. The molecule has 3 N–H and O–H groups in total. The van der Waals surface area contributed by atoms with Gasteiger partial charge in [-0.25, -0.2) is 0 Å². The van der Waals surface area contributed by atoms with Gasteiger partial charge in [0.05, 0.1) is 6.10 Å². The van der Waals surface area contributed by atoms with Gasteiger partial charge in [0.25, 0.3) is 0 Å². The number of aliphatic hydroxyl groups is 1. The number of likely N-dealkylation sites (N-methyl/N-ethyl adjacent to an activating group) is 1. The van der Waals surface area contributed by atoms with Gasteiger partial charge in [0.15, 0.2) is 5.43 Å². The Kier molecular flexibility index (Phi) is 5.58. The first kappa shape index (κ1) is 17.2. The molecular weight excluding hydrogens is 292 g/mol. The van der Waals surface area contributed by atoms with Crippen LogP contribution in [0.25, 0.3) is 0 Å². The molecule has 0 aliphatic heterocycles. The topological polar surface area (TPSA) is 76.6 Å². The highest BCUT2D eigenvalue weighted by Crippen LogP contribution is 2.19. The molecule has 2 aromatic rings. The van der Waals surface area contributed by atoms with Crippen LogP contribution in [0.4, 0.5) is 0 Å². The summed E-state index contributed by atoms with van der Waals surface area (Å²) in [7, 11) is 0. The van der Waals surface area contributed by atoms with Crippen LogP contribution < -0.4 is 5.43 Å². The molecular formula is C18H24N2O3. The van der Waals surface area contributed by atoms with E-state index < -0.39 is 6.10 Å². The predicted octanol–water partition coefficient (Wildman–Crippen LogP) is 2.25. The highest BCUT2D eigenvalue weighted by molar-refractivity contribution is 5.29. The third kappa shape index (κ3) is 4.21. The van der Waals surface area contributed by atoms with Crippen LogP contribution in [-0.2, 0) is 6.54 Å². The maximum absolute atomic E-state index is 12.0. The lowest BCUT2D eigenvalue weighted by Crippen LogP contribution is -2.30. The van der Waals surface area contributed by atoms with Gasteiger partial charge in [-0.2, -0.15) is 0 Å². The molecule has 0 aliphatic rings. The SMILES string of the molecule is CCN(Cc1[nH]cc(C)c(=O)c1C)CC(O)c1cccc(O)c1. The number of nitrogens with one attached hydrogen (secondary N) is 1. The Morgan fingerprint density at radius 1 is 1.30 bits per heavy atom. The number of hydrogen-bond acceptors (Lipinski definition) is 4. The maximum atomic E-state index is 12.0. The van der Waals surface area contributed by atoms with Crippen molar-refractivity contribution in [1.82, 2.24) is 9.88 Å². The van der Waals surface area contributed by atoms with Crippen LogP contribution in [0.2, 0.25) is 0 Å². The molecule has 1 atom stereocenters. The Labute approximate surface area is 136 Å². The lowest BCUT2D eigenvalue weighted by atomic mass is 10.1. The fourth-order valence-electron chi connectivity index (χ4n) is 2.58. The molecule has 1 aromatic heterocycles. The Balaban J connectivity index is 2.12. The number of rotatable bonds is 6. The van der Waals surface area contributed by atoms with E-state index in [1.807, 2.05) is 13.8 Å². The van der Waals surface area contributed by atoms with Crippen LogP contribution in [0.15, 0.2) is 35.3 Å². The van der Waals surface area contributed by atoms with Crippen LogP contribution in [0.1, 0.15) is 35.4 Å². The summed E-state index contributed by atoms with van der Waals surface area (Å²) in [6.45, 7) is 7.35. The second kappa shape index (κ2) is 7.44. The minimum Gasteiger partial charge on any atom is -0.508 e. The first-order chi connectivity index (χ1) is 10.9. The van der Waals surface area contributed by atoms with Crippen molar-refractivity contribution in [3.63, 3.8) is 0 Å². The number of nitrogens with zero attached hydrogens (tertiary/aromatic N) is 1. The molecule has 2 rings (SSSR count). The number of phenolic OH excluding ortho intramolecular Hbond substituents is 1. The van der Waals surface area contributed by atoms with Crippen molar-refractivity contribution in [1.29, 1.82) is 0 Å². The van der Waals surface area contributed by atoms with Crippen LogP contribution in [0.5, 0.6) is 5.75 Å². The van der Waals surface area contributed by atoms with Crippen molar-refractivity contribution in [2.45, 2.75) is 33.4 Å². The number of benzene rings is 1. The van der Waals surface area contributed by atoms with Crippen molar-refractivity contribution >= 4 is 0 Å². The molecule has 0 aliphatic carbocycles. The zero-order valence-electron chi connectivity index (χ0n) is 13.8. The summed E-state index contributed by atoms with van der Waals surface area (Å²) < 4.78 is 0. The number of pyridine rings is 1. The molecule has 1 unspecified atom stereocenters. The number of H-pyrrole nitrogens is 1. The monoisotopic (exact) mass is 316 g/mol. The highest BCUT2D eigenvalue weighted by Gasteiger charge is 2.15. The number of aliphatic hydroxyl groups excluding tert-OH is 1. The highest BCUT2D eigenvalue weighted by atomic mass is 16.3. The van der Waals surface area contributed by atoms with Gasteiger partial charge in [0, 0.05) is 36.1 Å². The molecule has 0 saturated carbocycles. The molecule has 5 nitrogen and oxygen atoms in total. The van der Waals surface area contributed by atoms with Gasteiger partial charge >= 0.3 is 0 Å². The van der Waals surface area contributed by atoms with Crippen LogP contribution >= 0.6 is 0 Å². The average Bonchev–Trinajstić information content (AvgIpc) is 2.54. The zero-order valence-corrected chi connectivity index (χ0v) is 13.8. The molecule has 124 valence electrons. The average molecular weight is 316 g/mol. The third-order valence-corrected chi connectivity index (χ3v) is 4.13. The van der Waals surface area contributed by atoms with Crippen molar-refractivity contribution < 1.29 is 10.2 Å². The summed E-state index contributed by atoms with van der Waals surface area (Å²) in [5.41, 5.74) is 3.02. The molecule has 1 aromatic carbocycles. The summed E-state index contributed by atoms with van der Waals surface area (Å²) in [5.74, 6) is 0.142. The van der Waals surface area contributed by atoms with E-state index in [1.54, 1.807) is 37.4 Å². The molecule has 0 bridgehead atoms. The van der Waals surface area contributed by atoms with Gasteiger partial charge in [-0.05, 0) is 38.1 Å². The third-order valence-electron chi connectivity index (χ3n) is 4.13. The van der Waals surface area contributed by atoms with Gasteiger partial charge in [-0.3, -0.25) is 9.69 Å². The van der Waals surface area contributed by atoms with E-state index in [1.165, 1.54) is 0 Å². The number of aromatic nitrogens is 1. The van der Waals surface area contributed by atoms with Gasteiger partial charge in [0.2, 0.25) is 0 Å². The summed E-state index contributed by atoms with van der Waals surface area (Å²) in [5, 5.41) is 19.9. The largest absolute Gasteiger partial charge is 0.508 e. The Morgan fingerprint density at radius 3 is 2.70 bits per heavy atom. The Morgan fingerprint density at radius 2 is 2.04 bits per heavy atom. The van der Waals surface area contributed by atoms with Crippen LogP contribution in [0.3, 0.4) is 0 Å². The number of aryl methyl sites for hydroxylation is 1. The van der Waals surface area contributed by atoms with Crippen molar-refractivity contribution in [2.75, 3.05) is 13.1 Å². The Bertz CT molecular complexity index is 724. The van der Waals surface area contributed by atoms with E-state index in [-0.39, 0.29) is 11.2 Å². The summed E-state index contributed by atoms with van der Waals surface area (Å²) in [6, 6.07) is 6.65. The number of aromatic amines is 1. The van der Waals surface area contributed by atoms with Gasteiger partial charge in [0.1, 0.15) is 5.75 Å². The first-order valence-corrected chi connectivity index (χ1v) is 7.79. The fraction of sp³-hybridized carbons (Fsp3) is 0.389. The first-order valence-electron chi connectivity index (χ1n) is 7.79. The predicted molar refractivity (Wildman–Crippen MR) is 90.6 cm³/mol. The van der Waals surface area contributed by atoms with E-state index >= 15 is 0 Å². The number of hydrogen-bond donors (Lipinski definition) is 3. The van der Waals surface area contributed by atoms with Gasteiger partial charge in [-0.1, -0.05) is 19.1 Å². The summed E-state index contributed by atoms with van der Waals surface area (Å²) >= 11 is 0. The number of aromatic hydroxyl groups is 1. The molecule has 0 radical (unpaired) electrons. The smallest absolute Gasteiger partial charge is 0.187 e. The molecule has 1 heterocycles. The summed E-state index contributed by atoms with van der Waals surface area (Å²) in [4.78, 5) is 17.3. The van der Waals surface area contributed by atoms with E-state index in [0.717, 1.165) is 17.8 Å². The molecule has 0 fully saturated rings. The molecule has 23 heavy (non-hydrogen) atoms. The molecule has 0 spiro atoms. The minimum atomic E-state index is -0.695. The molecule has 0 saturated heterocycles. The lowest BCUT2D eigenvalue weighted by Gasteiger charge is -2.24. The Hall–Kier alpha value is -2.11. The normalized spacial score (nSPS) is 12.6. The van der Waals surface area contributed by atoms with Gasteiger partial charge in [-0.15, -0.1) is 0 Å². The zero-order chi connectivity index (χ0) is 17.0. The van der Waals surface area contributed by atoms with E-state index in [2.05, 4.69) is 9.88 Å². The standard InChI is InChI=1S/C18H24N2O3/c1-4-20(10-16-13(3)18(23)12(2)9-19-16)11-17(22)14-6-5-7-15(21)8-14/h5-9,17,21-22H,4,10-11H2,1-3H3,(H,19,23). The van der Waals surface area contributed by atoms with Crippen LogP contribution in [0, 0.1) is 13.8 Å². The van der Waals surface area contributed by atoms with E-state index in [4.69, 9.17) is 0 Å². The van der Waals surface area contributed by atoms with Crippen molar-refractivity contribution in [3.05, 3.63) is 63.1 Å². The van der Waals surface area contributed by atoms with Crippen molar-refractivity contribution in [2.24, 2.45) is 0 Å². The lowest BCUT2D eigenvalue weighted by molar-refractivity contribution is 0.111. The minimum absolute atomic E-state index is 0.0586. The second-order valence-corrected chi connectivity index (χ2v) is 5.84. The van der Waals surface area contributed by atoms with E-state index in [0.29, 0.717) is 24.2 Å². The fourth-order valence-corrected chi connectivity index (χ4v) is 2.58. The van der Waals surface area contributed by atoms with E-state index in [9.17, 15) is 15.0 Å². The van der Waals surface area contributed by atoms with Crippen molar-refractivity contribution in [3.8, 4) is 5.75 Å². The summed E-state index contributed by atoms with van der Waals surface area (Å²) in [6.07, 6.45) is 1.03. The molecule has 5 heteroatoms. The molecule has 0 amide bonds. The maximum Gasteiger partial charge on any atom is 0.187 e.